The van der Waals surface area contributed by atoms with Gasteiger partial charge in [-0.05, 0) is 39.2 Å². The van der Waals surface area contributed by atoms with Gasteiger partial charge in [-0.1, -0.05) is 0 Å². The molecule has 1 aromatic rings. The van der Waals surface area contributed by atoms with Gasteiger partial charge in [-0.3, -0.25) is 4.99 Å². The first-order valence-corrected chi connectivity index (χ1v) is 6.52. The standard InChI is InChI=1S/C14H20F2N4/c1-14(11-8-10(15)4-5-12(11)16)9-18-13(17)20(14)7-6-19(2)3/h4-5,8H,6-7,9H2,1-3H3,(H2,17,18). The van der Waals surface area contributed by atoms with Gasteiger partial charge in [-0.2, -0.15) is 0 Å². The highest BCUT2D eigenvalue weighted by atomic mass is 19.1. The Bertz CT molecular complexity index is 530. The van der Waals surface area contributed by atoms with Gasteiger partial charge in [0, 0.05) is 18.7 Å². The Labute approximate surface area is 117 Å². The number of aliphatic imine (C=N–C) groups is 1. The molecular formula is C14H20F2N4. The van der Waals surface area contributed by atoms with Crippen LogP contribution in [0.5, 0.6) is 0 Å². The van der Waals surface area contributed by atoms with Crippen molar-refractivity contribution in [3.8, 4) is 0 Å². The summed E-state index contributed by atoms with van der Waals surface area (Å²) in [5.41, 5.74) is 5.46. The summed E-state index contributed by atoms with van der Waals surface area (Å²) in [6, 6.07) is 3.49. The summed E-state index contributed by atoms with van der Waals surface area (Å²) < 4.78 is 27.5. The molecule has 0 radical (unpaired) electrons. The summed E-state index contributed by atoms with van der Waals surface area (Å²) in [4.78, 5) is 8.05. The Hall–Kier alpha value is -1.69. The van der Waals surface area contributed by atoms with Gasteiger partial charge in [-0.25, -0.2) is 8.78 Å². The Balaban J connectivity index is 2.34. The lowest BCUT2D eigenvalue weighted by molar-refractivity contribution is 0.199. The van der Waals surface area contributed by atoms with Crippen LogP contribution in [0.4, 0.5) is 8.78 Å². The molecule has 1 atom stereocenters. The van der Waals surface area contributed by atoms with Crippen LogP contribution in [0, 0.1) is 11.6 Å². The second kappa shape index (κ2) is 5.36. The maximum absolute atomic E-state index is 14.1. The summed E-state index contributed by atoms with van der Waals surface area (Å²) >= 11 is 0. The van der Waals surface area contributed by atoms with Crippen molar-refractivity contribution in [3.63, 3.8) is 0 Å². The molecule has 1 aliphatic heterocycles. The molecule has 0 aromatic heterocycles. The van der Waals surface area contributed by atoms with Crippen LogP contribution in [0.25, 0.3) is 0 Å². The number of halogens is 2. The van der Waals surface area contributed by atoms with Gasteiger partial charge in [0.05, 0.1) is 12.1 Å². The maximum atomic E-state index is 14.1. The monoisotopic (exact) mass is 282 g/mol. The molecule has 0 amide bonds. The topological polar surface area (TPSA) is 44.9 Å². The predicted octanol–water partition coefficient (Wildman–Crippen LogP) is 1.37. The number of guanidine groups is 1. The summed E-state index contributed by atoms with van der Waals surface area (Å²) in [5.74, 6) is -0.521. The molecular weight excluding hydrogens is 262 g/mol. The minimum absolute atomic E-state index is 0.292. The number of likely N-dealkylation sites (N-methyl/N-ethyl adjacent to an activating group) is 1. The summed E-state index contributed by atoms with van der Waals surface area (Å²) in [6.45, 7) is 3.52. The van der Waals surface area contributed by atoms with Gasteiger partial charge in [0.15, 0.2) is 5.96 Å². The van der Waals surface area contributed by atoms with Crippen LogP contribution in [0.15, 0.2) is 23.2 Å². The van der Waals surface area contributed by atoms with Crippen LogP contribution in [0.2, 0.25) is 0 Å². The molecule has 110 valence electrons. The van der Waals surface area contributed by atoms with E-state index >= 15 is 0 Å². The molecule has 0 saturated carbocycles. The smallest absolute Gasteiger partial charge is 0.192 e. The van der Waals surface area contributed by atoms with Gasteiger partial charge in [0.25, 0.3) is 0 Å². The zero-order chi connectivity index (χ0) is 14.9. The average molecular weight is 282 g/mol. The van der Waals surface area contributed by atoms with Gasteiger partial charge in [0.2, 0.25) is 0 Å². The molecule has 1 heterocycles. The fourth-order valence-corrected chi connectivity index (χ4v) is 2.46. The Morgan fingerprint density at radius 3 is 2.75 bits per heavy atom. The van der Waals surface area contributed by atoms with E-state index < -0.39 is 17.2 Å². The normalized spacial score (nSPS) is 22.5. The molecule has 0 saturated heterocycles. The van der Waals surface area contributed by atoms with Gasteiger partial charge >= 0.3 is 0 Å². The zero-order valence-corrected chi connectivity index (χ0v) is 12.0. The highest BCUT2D eigenvalue weighted by Gasteiger charge is 2.41. The minimum Gasteiger partial charge on any atom is -0.370 e. The molecule has 20 heavy (non-hydrogen) atoms. The van der Waals surface area contributed by atoms with Crippen molar-refractivity contribution in [3.05, 3.63) is 35.4 Å². The molecule has 1 aliphatic rings. The van der Waals surface area contributed by atoms with E-state index in [0.29, 0.717) is 24.6 Å². The van der Waals surface area contributed by atoms with E-state index in [9.17, 15) is 8.78 Å². The third kappa shape index (κ3) is 2.60. The Morgan fingerprint density at radius 2 is 2.10 bits per heavy atom. The van der Waals surface area contributed by atoms with E-state index in [-0.39, 0.29) is 0 Å². The number of benzene rings is 1. The van der Waals surface area contributed by atoms with Crippen molar-refractivity contribution in [1.82, 2.24) is 9.80 Å². The van der Waals surface area contributed by atoms with Crippen LogP contribution in [-0.2, 0) is 5.54 Å². The van der Waals surface area contributed by atoms with Gasteiger partial charge in [-0.15, -0.1) is 0 Å². The molecule has 2 rings (SSSR count). The lowest BCUT2D eigenvalue weighted by Crippen LogP contribution is -2.50. The fraction of sp³-hybridized carbons (Fsp3) is 0.500. The lowest BCUT2D eigenvalue weighted by atomic mass is 9.90. The van der Waals surface area contributed by atoms with Crippen molar-refractivity contribution < 1.29 is 8.78 Å². The minimum atomic E-state index is -0.744. The van der Waals surface area contributed by atoms with Crippen LogP contribution >= 0.6 is 0 Å². The van der Waals surface area contributed by atoms with Crippen molar-refractivity contribution in [2.45, 2.75) is 12.5 Å². The third-order valence-electron chi connectivity index (χ3n) is 3.70. The lowest BCUT2D eigenvalue weighted by Gasteiger charge is -2.37. The van der Waals surface area contributed by atoms with E-state index in [1.807, 2.05) is 30.8 Å². The summed E-state index contributed by atoms with van der Waals surface area (Å²) in [6.07, 6.45) is 0. The fourth-order valence-electron chi connectivity index (χ4n) is 2.46. The third-order valence-corrected chi connectivity index (χ3v) is 3.70. The number of hydrogen-bond acceptors (Lipinski definition) is 4. The van der Waals surface area contributed by atoms with E-state index in [4.69, 9.17) is 5.73 Å². The largest absolute Gasteiger partial charge is 0.370 e. The van der Waals surface area contributed by atoms with Crippen LogP contribution in [-0.4, -0.2) is 49.5 Å². The van der Waals surface area contributed by atoms with E-state index in [1.54, 1.807) is 0 Å². The van der Waals surface area contributed by atoms with Crippen molar-refractivity contribution in [1.29, 1.82) is 0 Å². The van der Waals surface area contributed by atoms with Gasteiger partial charge < -0.3 is 15.5 Å². The van der Waals surface area contributed by atoms with Gasteiger partial charge in [0.1, 0.15) is 11.6 Å². The van der Waals surface area contributed by atoms with Crippen LogP contribution in [0.1, 0.15) is 12.5 Å². The second-order valence-electron chi connectivity index (χ2n) is 5.53. The molecule has 2 N–H and O–H groups in total. The molecule has 4 nitrogen and oxygen atoms in total. The van der Waals surface area contributed by atoms with Crippen molar-refractivity contribution in [2.24, 2.45) is 10.7 Å². The molecule has 6 heteroatoms. The maximum Gasteiger partial charge on any atom is 0.192 e. The summed E-state index contributed by atoms with van der Waals surface area (Å²) in [5, 5.41) is 0. The molecule has 0 bridgehead atoms. The first kappa shape index (κ1) is 14.7. The molecule has 0 spiro atoms. The van der Waals surface area contributed by atoms with E-state index in [2.05, 4.69) is 4.99 Å². The number of nitrogens with two attached hydrogens (primary N) is 1. The zero-order valence-electron chi connectivity index (χ0n) is 12.0. The predicted molar refractivity (Wildman–Crippen MR) is 75.5 cm³/mol. The molecule has 1 aromatic carbocycles. The Kier molecular flexibility index (Phi) is 3.94. The second-order valence-corrected chi connectivity index (χ2v) is 5.53. The first-order chi connectivity index (χ1) is 9.34. The van der Waals surface area contributed by atoms with E-state index in [1.165, 1.54) is 6.07 Å². The average Bonchev–Trinajstić information content (AvgIpc) is 2.67. The SMILES string of the molecule is CN(C)CCN1C(N)=NCC1(C)c1cc(F)ccc1F. The van der Waals surface area contributed by atoms with E-state index in [0.717, 1.165) is 18.7 Å². The highest BCUT2D eigenvalue weighted by Crippen LogP contribution is 2.34. The first-order valence-electron chi connectivity index (χ1n) is 6.52. The molecule has 0 fully saturated rings. The Morgan fingerprint density at radius 1 is 1.40 bits per heavy atom. The van der Waals surface area contributed by atoms with Crippen molar-refractivity contribution >= 4 is 5.96 Å². The van der Waals surface area contributed by atoms with Crippen molar-refractivity contribution in [2.75, 3.05) is 33.7 Å². The number of rotatable bonds is 4. The number of hydrogen-bond donors (Lipinski definition) is 1. The van der Waals surface area contributed by atoms with Crippen LogP contribution in [0.3, 0.4) is 0 Å². The highest BCUT2D eigenvalue weighted by molar-refractivity contribution is 5.81. The number of nitrogens with zero attached hydrogens (tertiary/aromatic N) is 3. The summed E-state index contributed by atoms with van der Waals surface area (Å²) in [7, 11) is 3.90. The molecule has 0 aliphatic carbocycles. The molecule has 1 unspecified atom stereocenters. The van der Waals surface area contributed by atoms with Crippen LogP contribution < -0.4 is 5.73 Å². The quantitative estimate of drug-likeness (QED) is 0.907.